The quantitative estimate of drug-likeness (QED) is 0.498. The van der Waals surface area contributed by atoms with Gasteiger partial charge in [-0.05, 0) is 66.8 Å². The van der Waals surface area contributed by atoms with Crippen LogP contribution in [0, 0.1) is 8.99 Å². The number of hydrogen-bond donors (Lipinski definition) is 1. The van der Waals surface area contributed by atoms with Crippen LogP contribution >= 0.6 is 22.6 Å². The maximum absolute atomic E-state index is 13.2. The summed E-state index contributed by atoms with van der Waals surface area (Å²) in [5.41, 5.74) is 3.87. The average Bonchev–Trinajstić information content (AvgIpc) is 2.51. The van der Waals surface area contributed by atoms with Crippen LogP contribution in [0.25, 0.3) is 0 Å². The van der Waals surface area contributed by atoms with E-state index in [1.807, 2.05) is 45.0 Å². The van der Waals surface area contributed by atoms with Crippen LogP contribution < -0.4 is 5.32 Å². The molecule has 2 aliphatic rings. The van der Waals surface area contributed by atoms with Crippen molar-refractivity contribution in [1.29, 1.82) is 0 Å². The van der Waals surface area contributed by atoms with Crippen LogP contribution in [-0.2, 0) is 14.3 Å². The molecule has 1 aliphatic heterocycles. The molecule has 1 N–H and O–H groups in total. The molecule has 5 heteroatoms. The van der Waals surface area contributed by atoms with E-state index in [-0.39, 0.29) is 29.2 Å². The summed E-state index contributed by atoms with van der Waals surface area (Å²) < 4.78 is 6.57. The first kappa shape index (κ1) is 20.1. The zero-order chi connectivity index (χ0) is 19.9. The van der Waals surface area contributed by atoms with Gasteiger partial charge < -0.3 is 10.1 Å². The maximum atomic E-state index is 13.2. The molecule has 0 amide bonds. The SMILES string of the molecule is CC1=C(C(=O)OC(C)C)[C@@H](c2ccccc2I)C2=C(CC(C)(C)CC2=O)N1. The fourth-order valence-corrected chi connectivity index (χ4v) is 4.70. The van der Waals surface area contributed by atoms with E-state index in [9.17, 15) is 9.59 Å². The molecule has 0 radical (unpaired) electrons. The number of hydrogen-bond acceptors (Lipinski definition) is 4. The van der Waals surface area contributed by atoms with Gasteiger partial charge in [0, 0.05) is 32.9 Å². The molecule has 0 saturated heterocycles. The Labute approximate surface area is 174 Å². The third-order valence-corrected chi connectivity index (χ3v) is 6.00. The summed E-state index contributed by atoms with van der Waals surface area (Å²) in [4.78, 5) is 26.1. The molecule has 1 aromatic carbocycles. The van der Waals surface area contributed by atoms with Gasteiger partial charge in [0.05, 0.1) is 11.7 Å². The Kier molecular flexibility index (Phi) is 5.52. The molecule has 1 atom stereocenters. The standard InChI is InChI=1S/C22H26INO3/c1-12(2)27-21(26)18-13(3)24-16-10-22(4,5)11-17(25)20(16)19(18)14-8-6-7-9-15(14)23/h6-9,12,19,24H,10-11H2,1-5H3/t19-/m1/s1. The Bertz CT molecular complexity index is 864. The van der Waals surface area contributed by atoms with E-state index in [2.05, 4.69) is 41.8 Å². The molecule has 144 valence electrons. The molecule has 0 aromatic heterocycles. The van der Waals surface area contributed by atoms with Crippen LogP contribution in [0.4, 0.5) is 0 Å². The van der Waals surface area contributed by atoms with Crippen molar-refractivity contribution in [3.63, 3.8) is 0 Å². The van der Waals surface area contributed by atoms with Crippen LogP contribution in [-0.4, -0.2) is 17.9 Å². The van der Waals surface area contributed by atoms with E-state index in [4.69, 9.17) is 4.74 Å². The summed E-state index contributed by atoms with van der Waals surface area (Å²) in [6, 6.07) is 7.94. The number of Topliss-reactive ketones (excluding diaryl/α,β-unsaturated/α-hetero) is 1. The van der Waals surface area contributed by atoms with Gasteiger partial charge in [0.15, 0.2) is 5.78 Å². The highest BCUT2D eigenvalue weighted by Gasteiger charge is 2.43. The zero-order valence-electron chi connectivity index (χ0n) is 16.5. The number of halogens is 1. The van der Waals surface area contributed by atoms with Crippen LogP contribution in [0.1, 0.15) is 58.9 Å². The second-order valence-electron chi connectivity index (χ2n) is 8.41. The fourth-order valence-electron chi connectivity index (χ4n) is 4.00. The van der Waals surface area contributed by atoms with Gasteiger partial charge in [-0.15, -0.1) is 0 Å². The Hall–Kier alpha value is -1.63. The number of esters is 1. The topological polar surface area (TPSA) is 55.4 Å². The normalized spacial score (nSPS) is 21.9. The molecule has 1 aromatic rings. The summed E-state index contributed by atoms with van der Waals surface area (Å²) in [5, 5.41) is 3.36. The molecule has 0 fully saturated rings. The highest BCUT2D eigenvalue weighted by molar-refractivity contribution is 14.1. The monoisotopic (exact) mass is 479 g/mol. The van der Waals surface area contributed by atoms with Gasteiger partial charge in [0.2, 0.25) is 0 Å². The lowest BCUT2D eigenvalue weighted by atomic mass is 9.68. The van der Waals surface area contributed by atoms with Crippen molar-refractivity contribution in [3.05, 3.63) is 55.9 Å². The summed E-state index contributed by atoms with van der Waals surface area (Å²) in [6.45, 7) is 9.79. The van der Waals surface area contributed by atoms with Crippen LogP contribution in [0.15, 0.2) is 46.8 Å². The number of ketones is 1. The van der Waals surface area contributed by atoms with E-state index in [1.165, 1.54) is 0 Å². The maximum Gasteiger partial charge on any atom is 0.337 e. The average molecular weight is 479 g/mol. The van der Waals surface area contributed by atoms with Crippen molar-refractivity contribution < 1.29 is 14.3 Å². The van der Waals surface area contributed by atoms with Crippen molar-refractivity contribution in [1.82, 2.24) is 5.32 Å². The zero-order valence-corrected chi connectivity index (χ0v) is 18.6. The number of carbonyl (C=O) groups is 2. The van der Waals surface area contributed by atoms with Crippen LogP contribution in [0.5, 0.6) is 0 Å². The first-order valence-electron chi connectivity index (χ1n) is 9.30. The molecule has 4 nitrogen and oxygen atoms in total. The lowest BCUT2D eigenvalue weighted by Gasteiger charge is -2.39. The Morgan fingerprint density at radius 1 is 1.26 bits per heavy atom. The Morgan fingerprint density at radius 2 is 1.93 bits per heavy atom. The van der Waals surface area contributed by atoms with Gasteiger partial charge in [-0.3, -0.25) is 4.79 Å². The first-order valence-corrected chi connectivity index (χ1v) is 10.4. The van der Waals surface area contributed by atoms with Crippen molar-refractivity contribution in [3.8, 4) is 0 Å². The van der Waals surface area contributed by atoms with E-state index < -0.39 is 0 Å². The lowest BCUT2D eigenvalue weighted by molar-refractivity contribution is -0.143. The van der Waals surface area contributed by atoms with Crippen molar-refractivity contribution in [2.75, 3.05) is 0 Å². The fraction of sp³-hybridized carbons (Fsp3) is 0.455. The van der Waals surface area contributed by atoms with Crippen molar-refractivity contribution in [2.45, 2.75) is 59.5 Å². The van der Waals surface area contributed by atoms with Gasteiger partial charge >= 0.3 is 5.97 Å². The molecule has 1 heterocycles. The van der Waals surface area contributed by atoms with Gasteiger partial charge in [-0.1, -0.05) is 32.0 Å². The minimum Gasteiger partial charge on any atom is -0.460 e. The minimum absolute atomic E-state index is 0.0897. The predicted octanol–water partition coefficient (Wildman–Crippen LogP) is 4.85. The molecule has 1 aliphatic carbocycles. The molecular formula is C22H26INO3. The minimum atomic E-state index is -0.385. The highest BCUT2D eigenvalue weighted by Crippen LogP contribution is 2.47. The Balaban J connectivity index is 2.19. The van der Waals surface area contributed by atoms with Gasteiger partial charge in [-0.2, -0.15) is 0 Å². The number of carbonyl (C=O) groups excluding carboxylic acids is 2. The first-order chi connectivity index (χ1) is 12.6. The van der Waals surface area contributed by atoms with Gasteiger partial charge in [0.25, 0.3) is 0 Å². The second kappa shape index (κ2) is 7.41. The van der Waals surface area contributed by atoms with Crippen molar-refractivity contribution >= 4 is 34.3 Å². The predicted molar refractivity (Wildman–Crippen MR) is 114 cm³/mol. The number of nitrogens with one attached hydrogen (secondary N) is 1. The molecule has 0 saturated carbocycles. The molecule has 3 rings (SSSR count). The number of allylic oxidation sites excluding steroid dienone is 3. The third kappa shape index (κ3) is 3.98. The molecular weight excluding hydrogens is 453 g/mol. The van der Waals surface area contributed by atoms with Crippen LogP contribution in [0.3, 0.4) is 0 Å². The van der Waals surface area contributed by atoms with Crippen LogP contribution in [0.2, 0.25) is 0 Å². The van der Waals surface area contributed by atoms with E-state index in [0.29, 0.717) is 12.0 Å². The summed E-state index contributed by atoms with van der Waals surface area (Å²) >= 11 is 2.28. The number of ether oxygens (including phenoxy) is 1. The number of benzene rings is 1. The lowest BCUT2D eigenvalue weighted by Crippen LogP contribution is -2.39. The highest BCUT2D eigenvalue weighted by atomic mass is 127. The summed E-state index contributed by atoms with van der Waals surface area (Å²) in [5.74, 6) is -0.631. The molecule has 0 spiro atoms. The summed E-state index contributed by atoms with van der Waals surface area (Å²) in [7, 11) is 0. The second-order valence-corrected chi connectivity index (χ2v) is 9.57. The van der Waals surface area contributed by atoms with E-state index >= 15 is 0 Å². The molecule has 27 heavy (non-hydrogen) atoms. The smallest absolute Gasteiger partial charge is 0.337 e. The largest absolute Gasteiger partial charge is 0.460 e. The molecule has 0 unspecified atom stereocenters. The van der Waals surface area contributed by atoms with E-state index in [1.54, 1.807) is 0 Å². The van der Waals surface area contributed by atoms with E-state index in [0.717, 1.165) is 32.5 Å². The Morgan fingerprint density at radius 3 is 2.56 bits per heavy atom. The van der Waals surface area contributed by atoms with Gasteiger partial charge in [-0.25, -0.2) is 4.79 Å². The number of dihydropyridines is 1. The third-order valence-electron chi connectivity index (χ3n) is 5.02. The number of rotatable bonds is 3. The van der Waals surface area contributed by atoms with Crippen molar-refractivity contribution in [2.24, 2.45) is 5.41 Å². The summed E-state index contributed by atoms with van der Waals surface area (Å²) in [6.07, 6.45) is 1.06. The molecule has 0 bridgehead atoms. The van der Waals surface area contributed by atoms with Gasteiger partial charge in [0.1, 0.15) is 0 Å².